The number of para-hydroxylation sites is 1. The first-order chi connectivity index (χ1) is 19.7. The first-order valence-electron chi connectivity index (χ1n) is 14.1. The fourth-order valence-electron chi connectivity index (χ4n) is 7.24. The lowest BCUT2D eigenvalue weighted by atomic mass is 9.66. The molecule has 3 aromatic carbocycles. The molecule has 1 spiro atoms. The predicted molar refractivity (Wildman–Crippen MR) is 155 cm³/mol. The monoisotopic (exact) mass is 553 g/mol. The lowest BCUT2D eigenvalue weighted by Crippen LogP contribution is -2.54. The van der Waals surface area contributed by atoms with Crippen molar-refractivity contribution in [3.63, 3.8) is 0 Å². The van der Waals surface area contributed by atoms with Crippen LogP contribution in [0.4, 0.5) is 11.4 Å². The number of aliphatic hydroxyl groups is 1. The summed E-state index contributed by atoms with van der Waals surface area (Å²) in [6.07, 6.45) is 0.975. The quantitative estimate of drug-likeness (QED) is 0.403. The van der Waals surface area contributed by atoms with E-state index in [-0.39, 0.29) is 18.4 Å². The van der Waals surface area contributed by atoms with Gasteiger partial charge in [0, 0.05) is 11.4 Å². The maximum atomic E-state index is 14.5. The normalized spacial score (nSPS) is 28.8. The molecule has 6 rings (SSSR count). The van der Waals surface area contributed by atoms with Crippen LogP contribution < -0.4 is 10.6 Å². The second-order valence-electron chi connectivity index (χ2n) is 11.7. The lowest BCUT2D eigenvalue weighted by Gasteiger charge is -2.37. The number of benzene rings is 3. The van der Waals surface area contributed by atoms with E-state index in [0.717, 1.165) is 11.1 Å². The van der Waals surface area contributed by atoms with E-state index in [1.807, 2.05) is 87.5 Å². The highest BCUT2D eigenvalue weighted by molar-refractivity contribution is 6.05. The molecule has 0 aromatic heterocycles. The zero-order valence-electron chi connectivity index (χ0n) is 23.5. The molecule has 2 unspecified atom stereocenters. The molecule has 8 nitrogen and oxygen atoms in total. The van der Waals surface area contributed by atoms with Crippen molar-refractivity contribution >= 4 is 29.1 Å². The summed E-state index contributed by atoms with van der Waals surface area (Å²) in [6.45, 7) is 5.35. The van der Waals surface area contributed by atoms with Gasteiger partial charge in [0.1, 0.15) is 11.6 Å². The smallest absolute Gasteiger partial charge is 0.250 e. The van der Waals surface area contributed by atoms with E-state index in [1.54, 1.807) is 12.1 Å². The second kappa shape index (κ2) is 10.1. The largest absolute Gasteiger partial charge is 0.394 e. The SMILES string of the molecule is Cc1ccc(C)c(NC(=O)C2N([C@H](CO)c3ccccc3)C(=O)[C@@H]3[C@H](C(=O)Nc4ccccc4)[C@]4(C)CCC23O4)c1. The average molecular weight is 554 g/mol. The highest BCUT2D eigenvalue weighted by Gasteiger charge is 2.78. The molecule has 0 radical (unpaired) electrons. The predicted octanol–water partition coefficient (Wildman–Crippen LogP) is 4.38. The number of aliphatic hydroxyl groups excluding tert-OH is 1. The average Bonchev–Trinajstić information content (AvgIpc) is 3.53. The van der Waals surface area contributed by atoms with Gasteiger partial charge in [-0.25, -0.2) is 0 Å². The van der Waals surface area contributed by atoms with E-state index in [1.165, 1.54) is 4.90 Å². The van der Waals surface area contributed by atoms with Crippen molar-refractivity contribution in [2.75, 3.05) is 17.2 Å². The van der Waals surface area contributed by atoms with Gasteiger partial charge in [0.05, 0.1) is 30.1 Å². The summed E-state index contributed by atoms with van der Waals surface area (Å²) >= 11 is 0. The molecule has 212 valence electrons. The molecule has 41 heavy (non-hydrogen) atoms. The van der Waals surface area contributed by atoms with E-state index in [0.29, 0.717) is 29.8 Å². The van der Waals surface area contributed by atoms with Crippen LogP contribution in [0, 0.1) is 25.7 Å². The van der Waals surface area contributed by atoms with Crippen LogP contribution in [0.25, 0.3) is 0 Å². The highest BCUT2D eigenvalue weighted by Crippen LogP contribution is 2.64. The molecular formula is C33H35N3O5. The van der Waals surface area contributed by atoms with Gasteiger partial charge in [0.15, 0.2) is 0 Å². The molecule has 3 aliphatic heterocycles. The standard InChI is InChI=1S/C33H35N3O5/c1-20-14-15-21(2)24(18-20)35-30(39)28-33-17-16-32(3,41-33)26(29(38)34-23-12-8-5-9-13-23)27(33)31(40)36(28)25(19-37)22-10-6-4-7-11-22/h4-15,18,25-28,37H,16-17,19H2,1-3H3,(H,34,38)(H,35,39)/t25-,26-,27+,28?,32+,33?/m1/s1. The molecule has 0 saturated carbocycles. The van der Waals surface area contributed by atoms with Crippen molar-refractivity contribution in [1.29, 1.82) is 0 Å². The van der Waals surface area contributed by atoms with Crippen molar-refractivity contribution in [2.45, 2.75) is 56.9 Å². The van der Waals surface area contributed by atoms with Crippen LogP contribution in [-0.4, -0.2) is 51.6 Å². The number of aryl methyl sites for hydroxylation is 2. The van der Waals surface area contributed by atoms with Crippen LogP contribution in [0.1, 0.15) is 42.5 Å². The van der Waals surface area contributed by atoms with Gasteiger partial charge in [-0.05, 0) is 68.5 Å². The van der Waals surface area contributed by atoms with Gasteiger partial charge >= 0.3 is 0 Å². The Balaban J connectivity index is 1.44. The van der Waals surface area contributed by atoms with Gasteiger partial charge in [-0.15, -0.1) is 0 Å². The topological polar surface area (TPSA) is 108 Å². The Bertz CT molecular complexity index is 1500. The Kier molecular flexibility index (Phi) is 6.71. The number of rotatable bonds is 7. The van der Waals surface area contributed by atoms with Crippen LogP contribution in [0.5, 0.6) is 0 Å². The first kappa shape index (κ1) is 27.2. The van der Waals surface area contributed by atoms with Crippen LogP contribution in [0.2, 0.25) is 0 Å². The van der Waals surface area contributed by atoms with E-state index in [9.17, 15) is 19.5 Å². The minimum atomic E-state index is -1.21. The van der Waals surface area contributed by atoms with Crippen LogP contribution >= 0.6 is 0 Å². The maximum absolute atomic E-state index is 14.5. The van der Waals surface area contributed by atoms with Crippen molar-refractivity contribution in [3.05, 3.63) is 95.6 Å². The van der Waals surface area contributed by atoms with Crippen molar-refractivity contribution in [3.8, 4) is 0 Å². The molecule has 6 atom stereocenters. The molecule has 3 heterocycles. The number of hydrogen-bond donors (Lipinski definition) is 3. The third-order valence-corrected chi connectivity index (χ3v) is 9.13. The molecular weight excluding hydrogens is 518 g/mol. The van der Waals surface area contributed by atoms with E-state index in [4.69, 9.17) is 4.74 Å². The number of fused-ring (bicyclic) bond motifs is 1. The molecule has 3 N–H and O–H groups in total. The Morgan fingerprint density at radius 2 is 1.66 bits per heavy atom. The molecule has 3 saturated heterocycles. The fraction of sp³-hybridized carbons (Fsp3) is 0.364. The van der Waals surface area contributed by atoms with E-state index >= 15 is 0 Å². The van der Waals surface area contributed by atoms with Gasteiger partial charge in [0.2, 0.25) is 17.7 Å². The number of ether oxygens (including phenoxy) is 1. The molecule has 8 heteroatoms. The Morgan fingerprint density at radius 1 is 0.976 bits per heavy atom. The number of carbonyl (C=O) groups is 3. The number of anilines is 2. The van der Waals surface area contributed by atoms with Crippen molar-refractivity contribution in [2.24, 2.45) is 11.8 Å². The number of hydrogen-bond acceptors (Lipinski definition) is 5. The molecule has 3 aromatic rings. The molecule has 3 aliphatic rings. The zero-order chi connectivity index (χ0) is 28.9. The minimum Gasteiger partial charge on any atom is -0.394 e. The number of likely N-dealkylation sites (tertiary alicyclic amines) is 1. The van der Waals surface area contributed by atoms with Crippen LogP contribution in [0.15, 0.2) is 78.9 Å². The van der Waals surface area contributed by atoms with Crippen LogP contribution in [-0.2, 0) is 19.1 Å². The van der Waals surface area contributed by atoms with Crippen molar-refractivity contribution < 1.29 is 24.2 Å². The van der Waals surface area contributed by atoms with Crippen LogP contribution in [0.3, 0.4) is 0 Å². The van der Waals surface area contributed by atoms with E-state index < -0.39 is 41.0 Å². The van der Waals surface area contributed by atoms with Gasteiger partial charge in [-0.1, -0.05) is 60.7 Å². The summed E-state index contributed by atoms with van der Waals surface area (Å²) in [5.41, 5.74) is 1.73. The summed E-state index contributed by atoms with van der Waals surface area (Å²) in [5, 5.41) is 16.7. The molecule has 2 bridgehead atoms. The Morgan fingerprint density at radius 3 is 2.34 bits per heavy atom. The minimum absolute atomic E-state index is 0.311. The molecule has 3 amide bonds. The fourth-order valence-corrected chi connectivity index (χ4v) is 7.24. The summed E-state index contributed by atoms with van der Waals surface area (Å²) < 4.78 is 6.73. The second-order valence-corrected chi connectivity index (χ2v) is 11.7. The number of nitrogens with one attached hydrogen (secondary N) is 2. The lowest BCUT2D eigenvalue weighted by molar-refractivity contribution is -0.147. The Labute approximate surface area is 239 Å². The van der Waals surface area contributed by atoms with Crippen molar-refractivity contribution in [1.82, 2.24) is 4.90 Å². The zero-order valence-corrected chi connectivity index (χ0v) is 23.5. The van der Waals surface area contributed by atoms with Gasteiger partial charge in [-0.3, -0.25) is 14.4 Å². The van der Waals surface area contributed by atoms with Gasteiger partial charge in [-0.2, -0.15) is 0 Å². The number of amides is 3. The molecule has 3 fully saturated rings. The summed E-state index contributed by atoms with van der Waals surface area (Å²) in [4.78, 5) is 44.2. The number of carbonyl (C=O) groups excluding carboxylic acids is 3. The number of nitrogens with zero attached hydrogens (tertiary/aromatic N) is 1. The van der Waals surface area contributed by atoms with E-state index in [2.05, 4.69) is 10.6 Å². The first-order valence-corrected chi connectivity index (χ1v) is 14.1. The highest BCUT2D eigenvalue weighted by atomic mass is 16.5. The van der Waals surface area contributed by atoms with Gasteiger partial charge in [0.25, 0.3) is 0 Å². The Hall–Kier alpha value is -4.01. The third kappa shape index (κ3) is 4.33. The van der Waals surface area contributed by atoms with Gasteiger partial charge < -0.3 is 25.4 Å². The summed E-state index contributed by atoms with van der Waals surface area (Å²) in [7, 11) is 0. The maximum Gasteiger partial charge on any atom is 0.250 e. The third-order valence-electron chi connectivity index (χ3n) is 9.13. The molecule has 0 aliphatic carbocycles. The summed E-state index contributed by atoms with van der Waals surface area (Å²) in [5.74, 6) is -2.74. The summed E-state index contributed by atoms with van der Waals surface area (Å²) in [6, 6.07) is 22.3.